The number of carbonyl (C=O) groups excluding carboxylic acids is 1. The second-order valence-electron chi connectivity index (χ2n) is 1.98. The van der Waals surface area contributed by atoms with Gasteiger partial charge in [-0.15, -0.1) is 0 Å². The molecule has 0 saturated carbocycles. The fraction of sp³-hybridized carbons (Fsp3) is 0.125. The Hall–Kier alpha value is -1.11. The van der Waals surface area contributed by atoms with Crippen LogP contribution < -0.4 is 0 Å². The first kappa shape index (κ1) is 6.02. The van der Waals surface area contributed by atoms with Crippen LogP contribution in [-0.2, 0) is 4.79 Å². The third-order valence-corrected chi connectivity index (χ3v) is 1.31. The molecule has 0 aromatic heterocycles. The van der Waals surface area contributed by atoms with Crippen molar-refractivity contribution in [2.75, 3.05) is 0 Å². The fourth-order valence-electron chi connectivity index (χ4n) is 0.740. The van der Waals surface area contributed by atoms with Gasteiger partial charge in [-0.05, 0) is 12.0 Å². The van der Waals surface area contributed by atoms with Crippen molar-refractivity contribution < 1.29 is 4.79 Å². The number of allylic oxidation sites excluding steroid dienone is 5. The Morgan fingerprint density at radius 2 is 2.44 bits per heavy atom. The zero-order chi connectivity index (χ0) is 6.69. The molecule has 0 N–H and O–H groups in total. The van der Waals surface area contributed by atoms with Crippen molar-refractivity contribution in [3.05, 3.63) is 36.0 Å². The largest absolute Gasteiger partial charge is 0.298 e. The molecule has 46 valence electrons. The average Bonchev–Trinajstić information content (AvgIpc) is 1.89. The van der Waals surface area contributed by atoms with Gasteiger partial charge in [0.15, 0.2) is 0 Å². The summed E-state index contributed by atoms with van der Waals surface area (Å²) in [6, 6.07) is 0. The van der Waals surface area contributed by atoms with Gasteiger partial charge in [0.25, 0.3) is 0 Å². The fourth-order valence-corrected chi connectivity index (χ4v) is 0.740. The van der Waals surface area contributed by atoms with Crippen LogP contribution in [0.5, 0.6) is 0 Å². The number of rotatable bonds is 1. The maximum atomic E-state index is 10.2. The monoisotopic (exact) mass is 120 g/mol. The molecule has 9 heavy (non-hydrogen) atoms. The minimum Gasteiger partial charge on any atom is -0.298 e. The molecule has 0 radical (unpaired) electrons. The van der Waals surface area contributed by atoms with Crippen molar-refractivity contribution in [3.63, 3.8) is 0 Å². The predicted octanol–water partition coefficient (Wildman–Crippen LogP) is 1.63. The molecule has 0 unspecified atom stereocenters. The van der Waals surface area contributed by atoms with Gasteiger partial charge in [-0.2, -0.15) is 0 Å². The Morgan fingerprint density at radius 1 is 1.67 bits per heavy atom. The summed E-state index contributed by atoms with van der Waals surface area (Å²) in [5, 5.41) is 0. The zero-order valence-corrected chi connectivity index (χ0v) is 5.13. The van der Waals surface area contributed by atoms with E-state index in [9.17, 15) is 4.79 Å². The molecular weight excluding hydrogens is 112 g/mol. The van der Waals surface area contributed by atoms with E-state index >= 15 is 0 Å². The van der Waals surface area contributed by atoms with Crippen molar-refractivity contribution in [1.29, 1.82) is 0 Å². The van der Waals surface area contributed by atoms with E-state index in [4.69, 9.17) is 0 Å². The lowest BCUT2D eigenvalue weighted by atomic mass is 10.0. The standard InChI is InChI=1S/C8H8O/c1-7-4-2-3-5-8(7)6-9/h2-3,5-6H,1,4H2. The maximum Gasteiger partial charge on any atom is 0.150 e. The summed E-state index contributed by atoms with van der Waals surface area (Å²) in [5.74, 6) is 0. The summed E-state index contributed by atoms with van der Waals surface area (Å²) in [6.07, 6.45) is 7.28. The van der Waals surface area contributed by atoms with E-state index in [0.717, 1.165) is 23.9 Å². The molecule has 0 spiro atoms. The van der Waals surface area contributed by atoms with Gasteiger partial charge in [-0.3, -0.25) is 4.79 Å². The Balaban J connectivity index is 2.86. The van der Waals surface area contributed by atoms with Crippen molar-refractivity contribution in [2.24, 2.45) is 0 Å². The average molecular weight is 120 g/mol. The highest BCUT2D eigenvalue weighted by Crippen LogP contribution is 2.14. The van der Waals surface area contributed by atoms with Crippen LogP contribution in [0.15, 0.2) is 36.0 Å². The predicted molar refractivity (Wildman–Crippen MR) is 37.0 cm³/mol. The second kappa shape index (κ2) is 2.44. The summed E-state index contributed by atoms with van der Waals surface area (Å²) in [4.78, 5) is 10.2. The first-order chi connectivity index (χ1) is 4.34. The summed E-state index contributed by atoms with van der Waals surface area (Å²) in [7, 11) is 0. The van der Waals surface area contributed by atoms with Crippen LogP contribution in [-0.4, -0.2) is 6.29 Å². The lowest BCUT2D eigenvalue weighted by Crippen LogP contribution is -1.91. The molecule has 0 aromatic carbocycles. The molecule has 0 atom stereocenters. The minimum absolute atomic E-state index is 0.720. The molecule has 1 rings (SSSR count). The summed E-state index contributed by atoms with van der Waals surface area (Å²) in [6.45, 7) is 3.72. The van der Waals surface area contributed by atoms with E-state index in [1.807, 2.05) is 12.2 Å². The molecule has 1 aliphatic carbocycles. The van der Waals surface area contributed by atoms with Gasteiger partial charge in [-0.1, -0.05) is 24.8 Å². The number of hydrogen-bond donors (Lipinski definition) is 0. The lowest BCUT2D eigenvalue weighted by Gasteiger charge is -2.03. The van der Waals surface area contributed by atoms with Crippen LogP contribution in [0.25, 0.3) is 0 Å². The van der Waals surface area contributed by atoms with Gasteiger partial charge in [0, 0.05) is 5.57 Å². The van der Waals surface area contributed by atoms with Crippen LogP contribution in [0, 0.1) is 0 Å². The number of hydrogen-bond acceptors (Lipinski definition) is 1. The van der Waals surface area contributed by atoms with Crippen LogP contribution >= 0.6 is 0 Å². The van der Waals surface area contributed by atoms with E-state index in [1.54, 1.807) is 6.08 Å². The van der Waals surface area contributed by atoms with Crippen LogP contribution in [0.3, 0.4) is 0 Å². The molecule has 1 heteroatoms. The zero-order valence-electron chi connectivity index (χ0n) is 5.13. The van der Waals surface area contributed by atoms with Gasteiger partial charge in [0.2, 0.25) is 0 Å². The normalized spacial score (nSPS) is 17.3. The molecule has 0 bridgehead atoms. The van der Waals surface area contributed by atoms with Crippen LogP contribution in [0.4, 0.5) is 0 Å². The quantitative estimate of drug-likeness (QED) is 0.480. The Bertz CT molecular complexity index is 197. The summed E-state index contributed by atoms with van der Waals surface area (Å²) in [5.41, 5.74) is 1.63. The molecule has 0 aromatic rings. The maximum absolute atomic E-state index is 10.2. The lowest BCUT2D eigenvalue weighted by molar-refractivity contribution is -0.104. The molecule has 1 aliphatic rings. The first-order valence-electron chi connectivity index (χ1n) is 2.85. The molecule has 0 fully saturated rings. The van der Waals surface area contributed by atoms with Gasteiger partial charge in [0.05, 0.1) is 0 Å². The summed E-state index contributed by atoms with van der Waals surface area (Å²) >= 11 is 0. The van der Waals surface area contributed by atoms with Gasteiger partial charge in [0.1, 0.15) is 6.29 Å². The van der Waals surface area contributed by atoms with Gasteiger partial charge >= 0.3 is 0 Å². The summed E-state index contributed by atoms with van der Waals surface area (Å²) < 4.78 is 0. The van der Waals surface area contributed by atoms with Crippen LogP contribution in [0.1, 0.15) is 6.42 Å². The SMILES string of the molecule is C=C1CC=CC=C1C=O. The topological polar surface area (TPSA) is 17.1 Å². The Labute approximate surface area is 54.4 Å². The van der Waals surface area contributed by atoms with E-state index in [2.05, 4.69) is 6.58 Å². The molecule has 0 heterocycles. The highest BCUT2D eigenvalue weighted by Gasteiger charge is 2.00. The van der Waals surface area contributed by atoms with Crippen LogP contribution in [0.2, 0.25) is 0 Å². The van der Waals surface area contributed by atoms with Gasteiger partial charge < -0.3 is 0 Å². The van der Waals surface area contributed by atoms with E-state index in [-0.39, 0.29) is 0 Å². The van der Waals surface area contributed by atoms with Crippen molar-refractivity contribution in [3.8, 4) is 0 Å². The second-order valence-corrected chi connectivity index (χ2v) is 1.98. The van der Waals surface area contributed by atoms with Crippen molar-refractivity contribution in [2.45, 2.75) is 6.42 Å². The first-order valence-corrected chi connectivity index (χ1v) is 2.85. The molecule has 0 saturated heterocycles. The third kappa shape index (κ3) is 1.17. The molecular formula is C8H8O. The van der Waals surface area contributed by atoms with E-state index in [1.165, 1.54) is 0 Å². The number of aldehydes is 1. The van der Waals surface area contributed by atoms with Crippen molar-refractivity contribution >= 4 is 6.29 Å². The van der Waals surface area contributed by atoms with Gasteiger partial charge in [-0.25, -0.2) is 0 Å². The Morgan fingerprint density at radius 3 is 2.89 bits per heavy atom. The molecule has 0 amide bonds. The molecule has 0 aliphatic heterocycles. The highest BCUT2D eigenvalue weighted by molar-refractivity contribution is 5.81. The Kier molecular flexibility index (Phi) is 1.63. The highest BCUT2D eigenvalue weighted by atomic mass is 16.1. The smallest absolute Gasteiger partial charge is 0.150 e. The minimum atomic E-state index is 0.720. The third-order valence-electron chi connectivity index (χ3n) is 1.31. The van der Waals surface area contributed by atoms with E-state index < -0.39 is 0 Å². The van der Waals surface area contributed by atoms with E-state index in [0.29, 0.717) is 0 Å². The molecule has 1 nitrogen and oxygen atoms in total. The number of carbonyl (C=O) groups is 1. The van der Waals surface area contributed by atoms with Crippen molar-refractivity contribution in [1.82, 2.24) is 0 Å².